The molecule has 0 radical (unpaired) electrons. The number of fused-ring (bicyclic) bond motifs is 1. The second kappa shape index (κ2) is 5.36. The van der Waals surface area contributed by atoms with Crippen molar-refractivity contribution in [2.45, 2.75) is 25.3 Å². The Morgan fingerprint density at radius 2 is 1.84 bits per heavy atom. The molecule has 1 aliphatic rings. The van der Waals surface area contributed by atoms with Crippen LogP contribution in [0.4, 0.5) is 0 Å². The number of hydrogen-bond acceptors (Lipinski definition) is 1. The summed E-state index contributed by atoms with van der Waals surface area (Å²) in [7, 11) is 0. The third kappa shape index (κ3) is 2.68. The smallest absolute Gasteiger partial charge is 0.0409 e. The minimum atomic E-state index is 0.0760. The summed E-state index contributed by atoms with van der Waals surface area (Å²) in [5.74, 6) is 0.508. The van der Waals surface area contributed by atoms with Crippen LogP contribution in [-0.4, -0.2) is 0 Å². The standard InChI is InChI=1S/C17H18ClN/c18-16-7-3-6-14(11-16)17(19)15-9-8-12-4-1-2-5-13(12)10-15/h1-7,11,15,17H,8-10,19H2. The molecule has 2 heteroatoms. The molecule has 1 nitrogen and oxygen atoms in total. The van der Waals surface area contributed by atoms with Crippen LogP contribution in [-0.2, 0) is 12.8 Å². The van der Waals surface area contributed by atoms with Crippen molar-refractivity contribution < 1.29 is 0 Å². The molecular weight excluding hydrogens is 254 g/mol. The second-order valence-corrected chi connectivity index (χ2v) is 5.79. The van der Waals surface area contributed by atoms with E-state index in [9.17, 15) is 0 Å². The molecule has 0 amide bonds. The maximum atomic E-state index is 6.44. The van der Waals surface area contributed by atoms with E-state index in [0.29, 0.717) is 5.92 Å². The summed E-state index contributed by atoms with van der Waals surface area (Å²) in [6.45, 7) is 0. The molecule has 0 spiro atoms. The zero-order valence-corrected chi connectivity index (χ0v) is 11.6. The molecule has 1 aliphatic carbocycles. The van der Waals surface area contributed by atoms with E-state index in [1.165, 1.54) is 11.1 Å². The van der Waals surface area contributed by atoms with Gasteiger partial charge in [0.05, 0.1) is 0 Å². The Hall–Kier alpha value is -1.31. The van der Waals surface area contributed by atoms with Crippen molar-refractivity contribution in [1.29, 1.82) is 0 Å². The predicted molar refractivity (Wildman–Crippen MR) is 80.3 cm³/mol. The quantitative estimate of drug-likeness (QED) is 0.873. The van der Waals surface area contributed by atoms with E-state index in [4.69, 9.17) is 17.3 Å². The number of aryl methyl sites for hydroxylation is 1. The normalized spacial score (nSPS) is 19.8. The van der Waals surface area contributed by atoms with Crippen LogP contribution >= 0.6 is 11.6 Å². The third-order valence-electron chi connectivity index (χ3n) is 4.13. The third-order valence-corrected chi connectivity index (χ3v) is 4.36. The lowest BCUT2D eigenvalue weighted by molar-refractivity contribution is 0.382. The average Bonchev–Trinajstić information content (AvgIpc) is 2.46. The fourth-order valence-electron chi connectivity index (χ4n) is 3.02. The van der Waals surface area contributed by atoms with Gasteiger partial charge in [0.15, 0.2) is 0 Å². The molecule has 19 heavy (non-hydrogen) atoms. The molecule has 2 unspecified atom stereocenters. The molecule has 2 atom stereocenters. The SMILES string of the molecule is NC(c1cccc(Cl)c1)C1CCc2ccccc2C1. The largest absolute Gasteiger partial charge is 0.324 e. The molecular formula is C17H18ClN. The molecule has 0 saturated carbocycles. The molecule has 0 heterocycles. The van der Waals surface area contributed by atoms with Crippen LogP contribution in [0.15, 0.2) is 48.5 Å². The van der Waals surface area contributed by atoms with Crippen molar-refractivity contribution in [3.8, 4) is 0 Å². The van der Waals surface area contributed by atoms with E-state index >= 15 is 0 Å². The highest BCUT2D eigenvalue weighted by molar-refractivity contribution is 6.30. The molecule has 0 aliphatic heterocycles. The van der Waals surface area contributed by atoms with Crippen LogP contribution in [0.5, 0.6) is 0 Å². The summed E-state index contributed by atoms with van der Waals surface area (Å²) in [6.07, 6.45) is 3.36. The highest BCUT2D eigenvalue weighted by Gasteiger charge is 2.24. The highest BCUT2D eigenvalue weighted by Crippen LogP contribution is 2.33. The first-order valence-electron chi connectivity index (χ1n) is 6.82. The van der Waals surface area contributed by atoms with Gasteiger partial charge in [0, 0.05) is 11.1 Å². The number of halogens is 1. The summed E-state index contributed by atoms with van der Waals surface area (Å²) >= 11 is 6.05. The van der Waals surface area contributed by atoms with Crippen molar-refractivity contribution in [1.82, 2.24) is 0 Å². The monoisotopic (exact) mass is 271 g/mol. The zero-order valence-electron chi connectivity index (χ0n) is 10.9. The fraction of sp³-hybridized carbons (Fsp3) is 0.294. The lowest BCUT2D eigenvalue weighted by Gasteiger charge is -2.29. The topological polar surface area (TPSA) is 26.0 Å². The summed E-state index contributed by atoms with van der Waals surface area (Å²) in [5.41, 5.74) is 10.5. The number of hydrogen-bond donors (Lipinski definition) is 1. The fourth-order valence-corrected chi connectivity index (χ4v) is 3.22. The van der Waals surface area contributed by atoms with Gasteiger partial charge in [-0.25, -0.2) is 0 Å². The van der Waals surface area contributed by atoms with Gasteiger partial charge in [-0.2, -0.15) is 0 Å². The highest BCUT2D eigenvalue weighted by atomic mass is 35.5. The van der Waals surface area contributed by atoms with E-state index < -0.39 is 0 Å². The van der Waals surface area contributed by atoms with Crippen molar-refractivity contribution >= 4 is 11.6 Å². The minimum absolute atomic E-state index is 0.0760. The first-order chi connectivity index (χ1) is 9.24. The summed E-state index contributed by atoms with van der Waals surface area (Å²) < 4.78 is 0. The van der Waals surface area contributed by atoms with E-state index in [0.717, 1.165) is 29.8 Å². The van der Waals surface area contributed by atoms with Crippen LogP contribution in [0.2, 0.25) is 5.02 Å². The Morgan fingerprint density at radius 1 is 1.05 bits per heavy atom. The average molecular weight is 272 g/mol. The van der Waals surface area contributed by atoms with Gasteiger partial charge >= 0.3 is 0 Å². The molecule has 3 rings (SSSR count). The summed E-state index contributed by atoms with van der Waals surface area (Å²) in [4.78, 5) is 0. The molecule has 0 bridgehead atoms. The van der Waals surface area contributed by atoms with Gasteiger partial charge in [-0.05, 0) is 54.0 Å². The van der Waals surface area contributed by atoms with Crippen LogP contribution in [0, 0.1) is 5.92 Å². The first-order valence-corrected chi connectivity index (χ1v) is 7.19. The van der Waals surface area contributed by atoms with Gasteiger partial charge in [-0.15, -0.1) is 0 Å². The van der Waals surface area contributed by atoms with Crippen molar-refractivity contribution in [2.75, 3.05) is 0 Å². The Labute approximate surface area is 119 Å². The lowest BCUT2D eigenvalue weighted by Crippen LogP contribution is -2.27. The second-order valence-electron chi connectivity index (χ2n) is 5.35. The summed E-state index contributed by atoms with van der Waals surface area (Å²) in [6, 6.07) is 16.7. The van der Waals surface area contributed by atoms with Gasteiger partial charge in [0.25, 0.3) is 0 Å². The van der Waals surface area contributed by atoms with Crippen molar-refractivity contribution in [3.63, 3.8) is 0 Å². The Balaban J connectivity index is 1.81. The van der Waals surface area contributed by atoms with E-state index in [1.807, 2.05) is 18.2 Å². The maximum absolute atomic E-state index is 6.44. The number of benzene rings is 2. The first kappa shape index (κ1) is 12.7. The number of rotatable bonds is 2. The van der Waals surface area contributed by atoms with Gasteiger partial charge in [-0.3, -0.25) is 0 Å². The van der Waals surface area contributed by atoms with Crippen LogP contribution < -0.4 is 5.73 Å². The van der Waals surface area contributed by atoms with Crippen LogP contribution in [0.3, 0.4) is 0 Å². The van der Waals surface area contributed by atoms with Crippen molar-refractivity contribution in [2.24, 2.45) is 11.7 Å². The van der Waals surface area contributed by atoms with Gasteiger partial charge in [0.2, 0.25) is 0 Å². The van der Waals surface area contributed by atoms with Crippen molar-refractivity contribution in [3.05, 3.63) is 70.2 Å². The van der Waals surface area contributed by atoms with Gasteiger partial charge < -0.3 is 5.73 Å². The Bertz CT molecular complexity index is 579. The lowest BCUT2D eigenvalue weighted by atomic mass is 9.78. The molecule has 0 fully saturated rings. The molecule has 0 aromatic heterocycles. The molecule has 2 N–H and O–H groups in total. The maximum Gasteiger partial charge on any atom is 0.0409 e. The molecule has 98 valence electrons. The number of nitrogens with two attached hydrogens (primary N) is 1. The van der Waals surface area contributed by atoms with Crippen LogP contribution in [0.1, 0.15) is 29.2 Å². The van der Waals surface area contributed by atoms with E-state index in [2.05, 4.69) is 30.3 Å². The predicted octanol–water partition coefficient (Wildman–Crippen LogP) is 4.14. The minimum Gasteiger partial charge on any atom is -0.324 e. The molecule has 2 aromatic rings. The van der Waals surface area contributed by atoms with E-state index in [-0.39, 0.29) is 6.04 Å². The van der Waals surface area contributed by atoms with Gasteiger partial charge in [0.1, 0.15) is 0 Å². The Kier molecular flexibility index (Phi) is 3.58. The summed E-state index contributed by atoms with van der Waals surface area (Å²) in [5, 5.41) is 0.768. The van der Waals surface area contributed by atoms with Crippen LogP contribution in [0.25, 0.3) is 0 Å². The Morgan fingerprint density at radius 3 is 2.63 bits per heavy atom. The van der Waals surface area contributed by atoms with E-state index in [1.54, 1.807) is 0 Å². The van der Waals surface area contributed by atoms with Gasteiger partial charge in [-0.1, -0.05) is 48.0 Å². The zero-order chi connectivity index (χ0) is 13.2. The molecule has 0 saturated heterocycles. The molecule has 2 aromatic carbocycles.